The second-order valence-corrected chi connectivity index (χ2v) is 26.6. The van der Waals surface area contributed by atoms with Crippen LogP contribution in [0.5, 0.6) is 0 Å². The molecule has 1 spiro atoms. The summed E-state index contributed by atoms with van der Waals surface area (Å²) < 4.78 is 104. The number of cyclic esters (lactones) is 1. The normalized spacial score (nSPS) is 49.5. The molecule has 462 valence electrons. The highest BCUT2D eigenvalue weighted by molar-refractivity contribution is 7.80. The van der Waals surface area contributed by atoms with E-state index in [1.165, 1.54) is 26.5 Å². The van der Waals surface area contributed by atoms with Gasteiger partial charge < -0.3 is 93.0 Å². The van der Waals surface area contributed by atoms with Crippen LogP contribution < -0.4 is 0 Å². The quantitative estimate of drug-likeness (QED) is 0.0581. The summed E-state index contributed by atoms with van der Waals surface area (Å²) in [6, 6.07) is 0. The third-order valence-corrected chi connectivity index (χ3v) is 20.6. The van der Waals surface area contributed by atoms with Crippen molar-refractivity contribution in [1.82, 2.24) is 0 Å². The Balaban J connectivity index is 0.908. The minimum Gasteiger partial charge on any atom is -0.462 e. The second kappa shape index (κ2) is 23.4. The lowest BCUT2D eigenvalue weighted by Crippen LogP contribution is -2.65. The maximum absolute atomic E-state index is 14.7. The number of aliphatic hydroxyl groups excluding tert-OH is 8. The first-order chi connectivity index (χ1) is 37.9. The monoisotopic (exact) mass is 1180 g/mol. The summed E-state index contributed by atoms with van der Waals surface area (Å²) in [5, 5.41) is 88.4. The van der Waals surface area contributed by atoms with Crippen molar-refractivity contribution < 1.29 is 120 Å². The van der Waals surface area contributed by atoms with Crippen LogP contribution in [0.3, 0.4) is 0 Å². The zero-order valence-electron chi connectivity index (χ0n) is 47.7. The lowest BCUT2D eigenvalue weighted by atomic mass is 9.41. The second-order valence-electron chi connectivity index (χ2n) is 25.6. The van der Waals surface area contributed by atoms with Crippen molar-refractivity contribution in [3.63, 3.8) is 0 Å². The van der Waals surface area contributed by atoms with E-state index in [0.717, 1.165) is 5.57 Å². The third kappa shape index (κ3) is 11.1. The minimum atomic E-state index is -5.16. The van der Waals surface area contributed by atoms with Gasteiger partial charge in [-0.15, -0.1) is 0 Å². The van der Waals surface area contributed by atoms with Crippen LogP contribution in [-0.4, -0.2) is 221 Å². The molecule has 3 saturated carbocycles. The SMILES string of the molecule is CO[C@@H]1[C@@H](O)[C@H](O[C@@H]2[C@@H](O)[C@H](O[C@H]3[C@H](O)[C@@H](O)[C@H](O[C@H]4[C@H](O[C@H]5CC[C@@]6(C)C(CC=C7[C@H]6CC[C@]68C(=O)O[C@@](C)(CCC=C(C)C)[C@H]6[C@@H](OC(C)=O)C[C@@]78C)C5(C)C)OC[C@@H](OS(=O)(=O)O)[C@@H]4O)O[C@@H]3C)OC[C@H]2O)O[C@H](CO)[C@H]1O. The van der Waals surface area contributed by atoms with Gasteiger partial charge in [0.1, 0.15) is 91.1 Å². The summed E-state index contributed by atoms with van der Waals surface area (Å²) in [4.78, 5) is 27.4. The molecule has 9 N–H and O–H groups in total. The van der Waals surface area contributed by atoms with Crippen molar-refractivity contribution in [2.75, 3.05) is 26.9 Å². The molecule has 0 aromatic heterocycles. The summed E-state index contributed by atoms with van der Waals surface area (Å²) in [6.45, 7) is 15.8. The van der Waals surface area contributed by atoms with Gasteiger partial charge >= 0.3 is 22.3 Å². The number of fused-ring (bicyclic) bond motifs is 4. The van der Waals surface area contributed by atoms with Gasteiger partial charge in [-0.25, -0.2) is 4.18 Å². The van der Waals surface area contributed by atoms with Gasteiger partial charge in [-0.2, -0.15) is 8.42 Å². The van der Waals surface area contributed by atoms with Gasteiger partial charge in [0.05, 0.1) is 43.4 Å². The van der Waals surface area contributed by atoms with Crippen LogP contribution >= 0.6 is 0 Å². The number of hydrogen-bond acceptors (Lipinski definition) is 24. The van der Waals surface area contributed by atoms with Gasteiger partial charge in [-0.3, -0.25) is 14.1 Å². The molecule has 5 saturated heterocycles. The topological polar surface area (TPSA) is 361 Å². The maximum Gasteiger partial charge on any atom is 0.397 e. The maximum atomic E-state index is 14.7. The molecule has 8 fully saturated rings. The lowest BCUT2D eigenvalue weighted by molar-refractivity contribution is -0.382. The fourth-order valence-corrected chi connectivity index (χ4v) is 16.8. The van der Waals surface area contributed by atoms with E-state index in [0.29, 0.717) is 51.4 Å². The van der Waals surface area contributed by atoms with Crippen LogP contribution in [0.2, 0.25) is 0 Å². The summed E-state index contributed by atoms with van der Waals surface area (Å²) in [5.74, 6) is -0.962. The molecule has 9 aliphatic rings. The summed E-state index contributed by atoms with van der Waals surface area (Å²) in [6.07, 6.45) is -20.9. The van der Waals surface area contributed by atoms with Crippen molar-refractivity contribution in [3.05, 3.63) is 23.3 Å². The van der Waals surface area contributed by atoms with Gasteiger partial charge in [0.2, 0.25) is 0 Å². The molecule has 5 aliphatic heterocycles. The molecule has 1 unspecified atom stereocenters. The van der Waals surface area contributed by atoms with Gasteiger partial charge in [-0.1, -0.05) is 51.0 Å². The summed E-state index contributed by atoms with van der Waals surface area (Å²) in [7, 11) is -3.95. The number of hydrogen-bond donors (Lipinski definition) is 9. The highest BCUT2D eigenvalue weighted by Gasteiger charge is 2.79. The fraction of sp³-hybridized carbons (Fsp3) is 0.891. The van der Waals surface area contributed by atoms with Gasteiger partial charge in [0.25, 0.3) is 0 Å². The summed E-state index contributed by atoms with van der Waals surface area (Å²) >= 11 is 0. The number of aliphatic hydroxyl groups is 8. The standard InChI is InChI=1S/C55H86O25S/c1-24(2)12-11-17-54(9)45-30(73-26(4)57)20-53(8)28-13-14-33-51(5,6)34(16-18-52(33,7)27(28)15-19-55(45,53)50(65)79-54)75-49-44(36(60)32(23-71-49)80-81(66,67)68)78-47-38(62)37(61)41(25(3)72-47)76-46-39(63)42(29(58)22-70-46)77-48-40(64)43(69-10)35(59)31(21-56)74-48/h12-13,25,27,29-49,56,58-64H,11,14-23H2,1-10H3,(H,66,67,68)/t25-,27-,29-,30+,31-,32-,33?,34+,35-,36+,37-,38-,39-,40-,41-,42+,43+,44-,45-,46+,47+,48+,49+,52-,53+,54+,55-/m1/s1. The molecule has 9 rings (SSSR count). The van der Waals surface area contributed by atoms with Crippen LogP contribution in [0.15, 0.2) is 23.3 Å². The number of esters is 2. The Labute approximate surface area is 472 Å². The number of carbonyl (C=O) groups excluding carboxylic acids is 2. The van der Waals surface area contributed by atoms with E-state index in [2.05, 4.69) is 39.8 Å². The zero-order valence-corrected chi connectivity index (χ0v) is 48.5. The van der Waals surface area contributed by atoms with Crippen molar-refractivity contribution in [1.29, 1.82) is 0 Å². The molecule has 0 bridgehead atoms. The molecule has 0 radical (unpaired) electrons. The van der Waals surface area contributed by atoms with Gasteiger partial charge in [-0.05, 0) is 102 Å². The molecular weight excluding hydrogens is 1090 g/mol. The molecule has 0 aromatic rings. The van der Waals surface area contributed by atoms with Crippen molar-refractivity contribution in [2.24, 2.45) is 39.4 Å². The van der Waals surface area contributed by atoms with Crippen molar-refractivity contribution in [2.45, 2.75) is 242 Å². The highest BCUT2D eigenvalue weighted by Crippen LogP contribution is 2.77. The molecule has 0 aromatic carbocycles. The van der Waals surface area contributed by atoms with Gasteiger partial charge in [0, 0.05) is 19.4 Å². The largest absolute Gasteiger partial charge is 0.462 e. The lowest BCUT2D eigenvalue weighted by Gasteiger charge is -2.64. The van der Waals surface area contributed by atoms with Crippen molar-refractivity contribution >= 4 is 22.3 Å². The Hall–Kier alpha value is -2.39. The Kier molecular flexibility index (Phi) is 18.2. The molecule has 26 heteroatoms. The van der Waals surface area contributed by atoms with E-state index in [1.807, 2.05) is 20.8 Å². The molecule has 25 nitrogen and oxygen atoms in total. The highest BCUT2D eigenvalue weighted by atomic mass is 32.3. The van der Waals surface area contributed by atoms with E-state index in [9.17, 15) is 63.4 Å². The van der Waals surface area contributed by atoms with Gasteiger partial charge in [0.15, 0.2) is 25.2 Å². The fourth-order valence-electron chi connectivity index (χ4n) is 16.3. The van der Waals surface area contributed by atoms with E-state index >= 15 is 0 Å². The molecule has 81 heavy (non-hydrogen) atoms. The van der Waals surface area contributed by atoms with Crippen LogP contribution in [-0.2, 0) is 76.3 Å². The molecule has 4 aliphatic carbocycles. The Morgan fingerprint density at radius 3 is 2.07 bits per heavy atom. The first kappa shape index (κ1) is 63.1. The minimum absolute atomic E-state index is 0.0129. The van der Waals surface area contributed by atoms with E-state index in [-0.39, 0.29) is 29.1 Å². The number of ether oxygens (including phenoxy) is 11. The number of methoxy groups -OCH3 is 1. The average Bonchev–Trinajstić information content (AvgIpc) is 2.85. The average molecular weight is 1180 g/mol. The molecule has 5 heterocycles. The Bertz CT molecular complexity index is 2460. The predicted molar refractivity (Wildman–Crippen MR) is 276 cm³/mol. The molecule has 27 atom stereocenters. The first-order valence-electron chi connectivity index (χ1n) is 28.3. The number of allylic oxidation sites excluding steroid dienone is 4. The zero-order chi connectivity index (χ0) is 59.3. The Morgan fingerprint density at radius 2 is 1.42 bits per heavy atom. The van der Waals surface area contributed by atoms with Crippen LogP contribution in [0.25, 0.3) is 0 Å². The smallest absolute Gasteiger partial charge is 0.397 e. The van der Waals surface area contributed by atoms with Crippen LogP contribution in [0, 0.1) is 39.4 Å². The first-order valence-corrected chi connectivity index (χ1v) is 29.7. The van der Waals surface area contributed by atoms with Crippen LogP contribution in [0.1, 0.15) is 114 Å². The predicted octanol–water partition coefficient (Wildman–Crippen LogP) is 0.620. The van der Waals surface area contributed by atoms with E-state index < -0.39 is 181 Å². The third-order valence-electron chi connectivity index (χ3n) is 20.2. The number of carbonyl (C=O) groups is 2. The van der Waals surface area contributed by atoms with Crippen molar-refractivity contribution in [3.8, 4) is 0 Å². The molecule has 0 amide bonds. The van der Waals surface area contributed by atoms with E-state index in [4.69, 9.17) is 56.3 Å². The number of rotatable bonds is 16. The van der Waals surface area contributed by atoms with E-state index in [1.54, 1.807) is 0 Å². The molecular formula is C55H86O25S. The van der Waals surface area contributed by atoms with Crippen LogP contribution in [0.4, 0.5) is 0 Å². The Morgan fingerprint density at radius 1 is 0.765 bits per heavy atom. The summed E-state index contributed by atoms with van der Waals surface area (Å²) in [5.41, 5.74) is -1.02.